The molecule has 4 nitrogen and oxygen atoms in total. The van der Waals surface area contributed by atoms with E-state index in [4.69, 9.17) is 4.74 Å². The molecule has 0 spiro atoms. The van der Waals surface area contributed by atoms with Crippen LogP contribution in [0.5, 0.6) is 5.75 Å². The topological polar surface area (TPSA) is 41.6 Å². The summed E-state index contributed by atoms with van der Waals surface area (Å²) >= 11 is 0. The summed E-state index contributed by atoms with van der Waals surface area (Å²) in [7, 11) is 1.64. The maximum atomic E-state index is 13.4. The van der Waals surface area contributed by atoms with Crippen LogP contribution in [-0.4, -0.2) is 42.6 Å². The standard InChI is InChI=1S/C24H30N2O2/c1-28-21-12-8-11-19(16-21)24(27)26-14-7-3-6-13-22-23(26)17-20(25-22)15-18-9-4-2-5-10-18/h2,4-5,8-12,16,20,22-23,25H,3,6-7,13-15,17H2,1H3/t20-,22-,23+/m1/s1. The number of nitrogens with zero attached hydrogens (tertiary/aromatic N) is 1. The molecule has 0 saturated carbocycles. The van der Waals surface area contributed by atoms with Crippen LogP contribution in [0.25, 0.3) is 0 Å². The van der Waals surface area contributed by atoms with Gasteiger partial charge in [0.25, 0.3) is 5.91 Å². The van der Waals surface area contributed by atoms with Crippen LogP contribution < -0.4 is 10.1 Å². The molecule has 2 aromatic rings. The number of ether oxygens (including phenoxy) is 1. The first-order valence-corrected chi connectivity index (χ1v) is 10.5. The number of hydrogen-bond donors (Lipinski definition) is 1. The zero-order valence-corrected chi connectivity index (χ0v) is 16.6. The molecule has 0 aromatic heterocycles. The van der Waals surface area contributed by atoms with Gasteiger partial charge in [0, 0.05) is 30.2 Å². The van der Waals surface area contributed by atoms with Crippen molar-refractivity contribution in [2.24, 2.45) is 0 Å². The summed E-state index contributed by atoms with van der Waals surface area (Å²) in [4.78, 5) is 15.5. The van der Waals surface area contributed by atoms with Gasteiger partial charge < -0.3 is 15.0 Å². The van der Waals surface area contributed by atoms with Crippen molar-refractivity contribution in [3.63, 3.8) is 0 Å². The summed E-state index contributed by atoms with van der Waals surface area (Å²) in [5, 5.41) is 3.85. The second kappa shape index (κ2) is 8.78. The highest BCUT2D eigenvalue weighted by atomic mass is 16.5. The molecule has 1 amide bonds. The van der Waals surface area contributed by atoms with Crippen molar-refractivity contribution in [3.8, 4) is 5.75 Å². The minimum absolute atomic E-state index is 0.137. The van der Waals surface area contributed by atoms with Gasteiger partial charge in [0.05, 0.1) is 7.11 Å². The van der Waals surface area contributed by atoms with Gasteiger partial charge in [-0.1, -0.05) is 49.2 Å². The van der Waals surface area contributed by atoms with Gasteiger partial charge in [0.15, 0.2) is 0 Å². The van der Waals surface area contributed by atoms with Crippen molar-refractivity contribution < 1.29 is 9.53 Å². The summed E-state index contributed by atoms with van der Waals surface area (Å²) in [5.41, 5.74) is 2.09. The molecular weight excluding hydrogens is 348 g/mol. The highest BCUT2D eigenvalue weighted by Crippen LogP contribution is 2.29. The van der Waals surface area contributed by atoms with E-state index in [1.165, 1.54) is 18.4 Å². The lowest BCUT2D eigenvalue weighted by Gasteiger charge is -2.35. The summed E-state index contributed by atoms with van der Waals surface area (Å²) in [6, 6.07) is 19.3. The van der Waals surface area contributed by atoms with Crippen molar-refractivity contribution in [2.75, 3.05) is 13.7 Å². The Morgan fingerprint density at radius 3 is 2.79 bits per heavy atom. The Balaban J connectivity index is 1.53. The van der Waals surface area contributed by atoms with Gasteiger partial charge in [0.1, 0.15) is 5.75 Å². The number of amides is 1. The first-order chi connectivity index (χ1) is 13.7. The molecule has 2 aliphatic rings. The van der Waals surface area contributed by atoms with Gasteiger partial charge in [-0.05, 0) is 49.4 Å². The van der Waals surface area contributed by atoms with E-state index in [2.05, 4.69) is 40.5 Å². The number of benzene rings is 2. The van der Waals surface area contributed by atoms with Crippen LogP contribution in [-0.2, 0) is 6.42 Å². The molecular formula is C24H30N2O2. The molecule has 0 aliphatic carbocycles. The second-order valence-electron chi connectivity index (χ2n) is 8.04. The molecule has 2 fully saturated rings. The monoisotopic (exact) mass is 378 g/mol. The zero-order chi connectivity index (χ0) is 19.3. The van der Waals surface area contributed by atoms with Crippen LogP contribution >= 0.6 is 0 Å². The lowest BCUT2D eigenvalue weighted by Crippen LogP contribution is -2.48. The third kappa shape index (κ3) is 4.22. The molecule has 0 unspecified atom stereocenters. The Labute approximate surface area is 167 Å². The van der Waals surface area contributed by atoms with Crippen molar-refractivity contribution in [2.45, 2.75) is 56.7 Å². The minimum Gasteiger partial charge on any atom is -0.497 e. The molecule has 3 atom stereocenters. The average molecular weight is 379 g/mol. The van der Waals surface area contributed by atoms with Gasteiger partial charge in [-0.15, -0.1) is 0 Å². The molecule has 0 bridgehead atoms. The predicted octanol–water partition coefficient (Wildman–Crippen LogP) is 4.05. The maximum Gasteiger partial charge on any atom is 0.254 e. The molecule has 28 heavy (non-hydrogen) atoms. The molecule has 148 valence electrons. The fourth-order valence-corrected chi connectivity index (χ4v) is 4.76. The number of carbonyl (C=O) groups is 1. The number of carbonyl (C=O) groups excluding carboxylic acids is 1. The molecule has 4 heteroatoms. The highest BCUT2D eigenvalue weighted by molar-refractivity contribution is 5.95. The Morgan fingerprint density at radius 1 is 1.11 bits per heavy atom. The smallest absolute Gasteiger partial charge is 0.254 e. The number of likely N-dealkylation sites (tertiary alicyclic amines) is 1. The Hall–Kier alpha value is -2.33. The van der Waals surface area contributed by atoms with Crippen LogP contribution in [0.4, 0.5) is 0 Å². The molecule has 2 aliphatic heterocycles. The number of nitrogens with one attached hydrogen (secondary N) is 1. The molecule has 0 radical (unpaired) electrons. The molecule has 2 saturated heterocycles. The lowest BCUT2D eigenvalue weighted by molar-refractivity contribution is 0.0638. The summed E-state index contributed by atoms with van der Waals surface area (Å²) < 4.78 is 5.32. The average Bonchev–Trinajstić information content (AvgIpc) is 3.10. The predicted molar refractivity (Wildman–Crippen MR) is 112 cm³/mol. The van der Waals surface area contributed by atoms with Crippen molar-refractivity contribution in [1.29, 1.82) is 0 Å². The molecule has 4 rings (SSSR count). The summed E-state index contributed by atoms with van der Waals surface area (Å²) in [6.07, 6.45) is 6.72. The van der Waals surface area contributed by atoms with E-state index in [1.807, 2.05) is 24.3 Å². The fourth-order valence-electron chi connectivity index (χ4n) is 4.76. The van der Waals surface area contributed by atoms with Gasteiger partial charge in [0.2, 0.25) is 0 Å². The number of fused-ring (bicyclic) bond motifs is 1. The Kier molecular flexibility index (Phi) is 5.96. The van der Waals surface area contributed by atoms with Gasteiger partial charge in [-0.3, -0.25) is 4.79 Å². The third-order valence-electron chi connectivity index (χ3n) is 6.16. The first-order valence-electron chi connectivity index (χ1n) is 10.5. The van der Waals surface area contributed by atoms with Gasteiger partial charge in [-0.2, -0.15) is 0 Å². The largest absolute Gasteiger partial charge is 0.497 e. The summed E-state index contributed by atoms with van der Waals surface area (Å²) in [6.45, 7) is 0.844. The van der Waals surface area contributed by atoms with E-state index in [9.17, 15) is 4.79 Å². The van der Waals surface area contributed by atoms with Crippen molar-refractivity contribution in [1.82, 2.24) is 10.2 Å². The zero-order valence-electron chi connectivity index (χ0n) is 16.6. The van der Waals surface area contributed by atoms with Crippen molar-refractivity contribution in [3.05, 3.63) is 65.7 Å². The van der Waals surface area contributed by atoms with Crippen LogP contribution in [0.2, 0.25) is 0 Å². The first kappa shape index (κ1) is 19.0. The number of hydrogen-bond acceptors (Lipinski definition) is 3. The van der Waals surface area contributed by atoms with Crippen molar-refractivity contribution >= 4 is 5.91 Å². The van der Waals surface area contributed by atoms with Gasteiger partial charge >= 0.3 is 0 Å². The molecule has 1 N–H and O–H groups in total. The SMILES string of the molecule is COc1cccc(C(=O)N2CCCCC[C@H]3N[C@H](Cc4ccccc4)C[C@@H]32)c1. The van der Waals surface area contributed by atoms with Crippen LogP contribution in [0.1, 0.15) is 48.0 Å². The van der Waals surface area contributed by atoms with Crippen LogP contribution in [0.3, 0.4) is 0 Å². The number of methoxy groups -OCH3 is 1. The molecule has 2 heterocycles. The highest BCUT2D eigenvalue weighted by Gasteiger charge is 2.39. The lowest BCUT2D eigenvalue weighted by atomic mass is 9.95. The van der Waals surface area contributed by atoms with Gasteiger partial charge in [-0.25, -0.2) is 0 Å². The molecule has 2 aromatic carbocycles. The van der Waals surface area contributed by atoms with E-state index in [-0.39, 0.29) is 11.9 Å². The Morgan fingerprint density at radius 2 is 1.96 bits per heavy atom. The maximum absolute atomic E-state index is 13.4. The van der Waals surface area contributed by atoms with E-state index in [0.29, 0.717) is 12.1 Å². The third-order valence-corrected chi connectivity index (χ3v) is 6.16. The van der Waals surface area contributed by atoms with E-state index in [0.717, 1.165) is 43.5 Å². The Bertz CT molecular complexity index is 792. The van der Waals surface area contributed by atoms with E-state index >= 15 is 0 Å². The van der Waals surface area contributed by atoms with Crippen LogP contribution in [0, 0.1) is 0 Å². The minimum atomic E-state index is 0.137. The summed E-state index contributed by atoms with van der Waals surface area (Å²) in [5.74, 6) is 0.874. The van der Waals surface area contributed by atoms with E-state index < -0.39 is 0 Å². The normalized spacial score (nSPS) is 24.9. The van der Waals surface area contributed by atoms with Crippen LogP contribution in [0.15, 0.2) is 54.6 Å². The van der Waals surface area contributed by atoms with E-state index in [1.54, 1.807) is 7.11 Å². The second-order valence-corrected chi connectivity index (χ2v) is 8.04. The fraction of sp³-hybridized carbons (Fsp3) is 0.458. The quantitative estimate of drug-likeness (QED) is 0.873. The number of rotatable bonds is 4.